The molecule has 0 N–H and O–H groups in total. The molecule has 1 unspecified atom stereocenters. The van der Waals surface area contributed by atoms with Crippen LogP contribution in [0.5, 0.6) is 0 Å². The summed E-state index contributed by atoms with van der Waals surface area (Å²) >= 11 is 6.15. The number of alkyl halides is 1. The second kappa shape index (κ2) is 4.64. The standard InChI is InChI=1S/C8H16ClO2P/c1-2-12(10)11-8(9)6-4-3-5-7-8/h12H,2-7H2,1H3. The lowest BCUT2D eigenvalue weighted by Gasteiger charge is -2.30. The lowest BCUT2D eigenvalue weighted by molar-refractivity contribution is 0.123. The smallest absolute Gasteiger partial charge is 0.193 e. The van der Waals surface area contributed by atoms with Crippen molar-refractivity contribution in [2.45, 2.75) is 44.1 Å². The van der Waals surface area contributed by atoms with Crippen LogP contribution in [0.25, 0.3) is 0 Å². The quantitative estimate of drug-likeness (QED) is 0.527. The van der Waals surface area contributed by atoms with Gasteiger partial charge in [-0.25, -0.2) is 0 Å². The molecule has 1 saturated carbocycles. The Kier molecular flexibility index (Phi) is 4.09. The Morgan fingerprint density at radius 1 is 1.42 bits per heavy atom. The second-order valence-corrected chi connectivity index (χ2v) is 5.62. The molecule has 0 heterocycles. The van der Waals surface area contributed by atoms with Crippen LogP contribution in [0.3, 0.4) is 0 Å². The number of rotatable bonds is 3. The van der Waals surface area contributed by atoms with Gasteiger partial charge in [0.2, 0.25) is 0 Å². The molecule has 1 fully saturated rings. The molecule has 0 spiro atoms. The first-order valence-electron chi connectivity index (χ1n) is 4.57. The van der Waals surface area contributed by atoms with Gasteiger partial charge in [0.05, 0.1) is 0 Å². The molecule has 1 atom stereocenters. The number of hydrogen-bond acceptors (Lipinski definition) is 2. The Morgan fingerprint density at radius 2 is 2.00 bits per heavy atom. The van der Waals surface area contributed by atoms with Crippen molar-refractivity contribution in [1.82, 2.24) is 0 Å². The lowest BCUT2D eigenvalue weighted by Crippen LogP contribution is -2.25. The maximum atomic E-state index is 11.2. The van der Waals surface area contributed by atoms with Gasteiger partial charge in [-0.3, -0.25) is 4.57 Å². The number of hydrogen-bond donors (Lipinski definition) is 0. The van der Waals surface area contributed by atoms with E-state index >= 15 is 0 Å². The van der Waals surface area contributed by atoms with E-state index in [0.717, 1.165) is 25.7 Å². The van der Waals surface area contributed by atoms with Gasteiger partial charge in [-0.15, -0.1) is 0 Å². The molecule has 1 aliphatic carbocycles. The Balaban J connectivity index is 2.41. The van der Waals surface area contributed by atoms with Crippen LogP contribution in [0.4, 0.5) is 0 Å². The van der Waals surface area contributed by atoms with Crippen molar-refractivity contribution in [1.29, 1.82) is 0 Å². The van der Waals surface area contributed by atoms with Crippen LogP contribution >= 0.6 is 19.6 Å². The summed E-state index contributed by atoms with van der Waals surface area (Å²) in [4.78, 5) is 0. The van der Waals surface area contributed by atoms with E-state index in [2.05, 4.69) is 0 Å². The van der Waals surface area contributed by atoms with E-state index in [1.165, 1.54) is 6.42 Å². The van der Waals surface area contributed by atoms with Crippen molar-refractivity contribution >= 4 is 19.6 Å². The summed E-state index contributed by atoms with van der Waals surface area (Å²) in [6.45, 7) is 1.87. The van der Waals surface area contributed by atoms with Gasteiger partial charge < -0.3 is 4.52 Å². The van der Waals surface area contributed by atoms with E-state index in [9.17, 15) is 4.57 Å². The lowest BCUT2D eigenvalue weighted by atomic mass is 9.97. The zero-order valence-corrected chi connectivity index (χ0v) is 9.19. The minimum atomic E-state index is -1.87. The van der Waals surface area contributed by atoms with E-state index in [0.29, 0.717) is 6.16 Å². The average Bonchev–Trinajstić information content (AvgIpc) is 2.05. The highest BCUT2D eigenvalue weighted by Gasteiger charge is 2.31. The molecule has 0 amide bonds. The van der Waals surface area contributed by atoms with E-state index in [1.807, 2.05) is 6.92 Å². The molecule has 0 aromatic rings. The first-order chi connectivity index (χ1) is 5.66. The van der Waals surface area contributed by atoms with Crippen LogP contribution in [0.2, 0.25) is 0 Å². The van der Waals surface area contributed by atoms with Crippen molar-refractivity contribution in [2.75, 3.05) is 6.16 Å². The molecule has 72 valence electrons. The normalized spacial score (nSPS) is 25.2. The number of halogens is 1. The minimum absolute atomic E-state index is 0.593. The van der Waals surface area contributed by atoms with Gasteiger partial charge in [0.15, 0.2) is 8.03 Å². The Labute approximate surface area is 79.5 Å². The molecule has 1 rings (SSSR count). The molecule has 0 aliphatic heterocycles. The molecular weight excluding hydrogens is 195 g/mol. The van der Waals surface area contributed by atoms with E-state index in [1.54, 1.807) is 0 Å². The summed E-state index contributed by atoms with van der Waals surface area (Å²) in [5, 5.41) is -0.593. The average molecular weight is 211 g/mol. The van der Waals surface area contributed by atoms with Gasteiger partial charge in [0.25, 0.3) is 0 Å². The SMILES string of the molecule is CC[PH](=O)OC1(Cl)CCCCC1. The zero-order valence-electron chi connectivity index (χ0n) is 7.44. The monoisotopic (exact) mass is 210 g/mol. The molecule has 4 heteroatoms. The summed E-state index contributed by atoms with van der Waals surface area (Å²) in [6.07, 6.45) is 5.73. The van der Waals surface area contributed by atoms with Crippen LogP contribution < -0.4 is 0 Å². The highest BCUT2D eigenvalue weighted by molar-refractivity contribution is 7.39. The topological polar surface area (TPSA) is 26.3 Å². The molecular formula is C8H16ClO2P. The summed E-state index contributed by atoms with van der Waals surface area (Å²) < 4.78 is 16.5. The van der Waals surface area contributed by atoms with Crippen molar-refractivity contribution < 1.29 is 9.09 Å². The summed E-state index contributed by atoms with van der Waals surface area (Å²) in [5.41, 5.74) is 0. The molecule has 2 nitrogen and oxygen atoms in total. The largest absolute Gasteiger partial charge is 0.307 e. The van der Waals surface area contributed by atoms with Crippen LogP contribution in [-0.2, 0) is 9.09 Å². The van der Waals surface area contributed by atoms with E-state index in [-0.39, 0.29) is 0 Å². The van der Waals surface area contributed by atoms with E-state index < -0.39 is 13.1 Å². The third-order valence-corrected chi connectivity index (χ3v) is 3.97. The van der Waals surface area contributed by atoms with Gasteiger partial charge in [0, 0.05) is 6.16 Å². The molecule has 0 radical (unpaired) electrons. The fourth-order valence-electron chi connectivity index (χ4n) is 1.46. The minimum Gasteiger partial charge on any atom is -0.307 e. The fraction of sp³-hybridized carbons (Fsp3) is 1.00. The van der Waals surface area contributed by atoms with Crippen LogP contribution in [-0.4, -0.2) is 11.2 Å². The summed E-state index contributed by atoms with van der Waals surface area (Å²) in [5.74, 6) is 0. The second-order valence-electron chi connectivity index (χ2n) is 3.27. The van der Waals surface area contributed by atoms with Crippen LogP contribution in [0, 0.1) is 0 Å². The molecule has 1 aliphatic rings. The maximum Gasteiger partial charge on any atom is 0.193 e. The molecule has 12 heavy (non-hydrogen) atoms. The summed E-state index contributed by atoms with van der Waals surface area (Å²) in [7, 11) is -1.87. The van der Waals surface area contributed by atoms with Crippen molar-refractivity contribution in [3.05, 3.63) is 0 Å². The van der Waals surface area contributed by atoms with Crippen molar-refractivity contribution in [2.24, 2.45) is 0 Å². The predicted molar refractivity (Wildman–Crippen MR) is 52.3 cm³/mol. The van der Waals surface area contributed by atoms with Crippen LogP contribution in [0.1, 0.15) is 39.0 Å². The summed E-state index contributed by atoms with van der Waals surface area (Å²) in [6, 6.07) is 0. The molecule has 0 aromatic carbocycles. The maximum absolute atomic E-state index is 11.2. The van der Waals surface area contributed by atoms with Gasteiger partial charge in [0.1, 0.15) is 5.06 Å². The third kappa shape index (κ3) is 3.08. The van der Waals surface area contributed by atoms with Crippen molar-refractivity contribution in [3.8, 4) is 0 Å². The van der Waals surface area contributed by atoms with Gasteiger partial charge in [-0.05, 0) is 25.7 Å². The van der Waals surface area contributed by atoms with Gasteiger partial charge >= 0.3 is 0 Å². The van der Waals surface area contributed by atoms with Crippen LogP contribution in [0.15, 0.2) is 0 Å². The predicted octanol–water partition coefficient (Wildman–Crippen LogP) is 3.40. The Hall–Kier alpha value is 0.480. The van der Waals surface area contributed by atoms with Crippen molar-refractivity contribution in [3.63, 3.8) is 0 Å². The fourth-order valence-corrected chi connectivity index (χ4v) is 2.74. The Morgan fingerprint density at radius 3 is 2.50 bits per heavy atom. The van der Waals surface area contributed by atoms with Gasteiger partial charge in [-0.2, -0.15) is 0 Å². The Bertz CT molecular complexity index is 166. The zero-order chi connectivity index (χ0) is 9.03. The first-order valence-corrected chi connectivity index (χ1v) is 6.47. The third-order valence-electron chi connectivity index (χ3n) is 2.19. The molecule has 0 saturated heterocycles. The molecule has 0 aromatic heterocycles. The van der Waals surface area contributed by atoms with Gasteiger partial charge in [-0.1, -0.05) is 24.9 Å². The first kappa shape index (κ1) is 10.6. The highest BCUT2D eigenvalue weighted by atomic mass is 35.5. The molecule has 0 bridgehead atoms. The van der Waals surface area contributed by atoms with E-state index in [4.69, 9.17) is 16.1 Å². The highest BCUT2D eigenvalue weighted by Crippen LogP contribution is 2.42.